The number of hydrogen-bond acceptors (Lipinski definition) is 1. The Balaban J connectivity index is 1.99. The standard InChI is InChI=1S/C19H15F3N2/c1-12-5-10-16-14(11-12)3-2-4-17(16)24-18(23)13-6-8-15(9-7-13)19(20,21)22/h2-11H,1H3,(H2,23,24). The van der Waals surface area contributed by atoms with Crippen molar-refractivity contribution < 1.29 is 13.2 Å². The molecule has 0 heterocycles. The summed E-state index contributed by atoms with van der Waals surface area (Å²) in [4.78, 5) is 4.39. The highest BCUT2D eigenvalue weighted by molar-refractivity contribution is 6.02. The zero-order valence-corrected chi connectivity index (χ0v) is 12.9. The summed E-state index contributed by atoms with van der Waals surface area (Å²) in [7, 11) is 0. The van der Waals surface area contributed by atoms with E-state index in [1.54, 1.807) is 0 Å². The molecule has 0 saturated heterocycles. The number of aliphatic imine (C=N–C) groups is 1. The molecule has 0 aromatic heterocycles. The Morgan fingerprint density at radius 1 is 0.958 bits per heavy atom. The van der Waals surface area contributed by atoms with Crippen molar-refractivity contribution in [3.63, 3.8) is 0 Å². The van der Waals surface area contributed by atoms with Crippen LogP contribution >= 0.6 is 0 Å². The number of benzene rings is 3. The number of nitrogens with zero attached hydrogens (tertiary/aromatic N) is 1. The van der Waals surface area contributed by atoms with Crippen LogP contribution in [0.4, 0.5) is 18.9 Å². The quantitative estimate of drug-likeness (QED) is 0.509. The lowest BCUT2D eigenvalue weighted by Crippen LogP contribution is -2.13. The van der Waals surface area contributed by atoms with Crippen molar-refractivity contribution in [2.45, 2.75) is 13.1 Å². The molecule has 0 saturated carbocycles. The molecular weight excluding hydrogens is 313 g/mol. The van der Waals surface area contributed by atoms with Crippen molar-refractivity contribution >= 4 is 22.3 Å². The van der Waals surface area contributed by atoms with Gasteiger partial charge in [0.2, 0.25) is 0 Å². The van der Waals surface area contributed by atoms with E-state index in [0.717, 1.165) is 28.5 Å². The van der Waals surface area contributed by atoms with E-state index in [2.05, 4.69) is 4.99 Å². The van der Waals surface area contributed by atoms with Gasteiger partial charge in [0.25, 0.3) is 0 Å². The Kier molecular flexibility index (Phi) is 4.01. The van der Waals surface area contributed by atoms with Crippen LogP contribution in [0.25, 0.3) is 10.8 Å². The summed E-state index contributed by atoms with van der Waals surface area (Å²) < 4.78 is 37.8. The molecule has 24 heavy (non-hydrogen) atoms. The molecule has 0 fully saturated rings. The van der Waals surface area contributed by atoms with Gasteiger partial charge < -0.3 is 5.73 Å². The number of aryl methyl sites for hydroxylation is 1. The molecule has 2 N–H and O–H groups in total. The number of rotatable bonds is 2. The Morgan fingerprint density at radius 2 is 1.67 bits per heavy atom. The highest BCUT2D eigenvalue weighted by Crippen LogP contribution is 2.30. The number of halogens is 3. The molecule has 0 bridgehead atoms. The van der Waals surface area contributed by atoms with Crippen molar-refractivity contribution in [2.75, 3.05) is 0 Å². The highest BCUT2D eigenvalue weighted by Gasteiger charge is 2.30. The molecule has 3 aromatic carbocycles. The predicted molar refractivity (Wildman–Crippen MR) is 90.5 cm³/mol. The smallest absolute Gasteiger partial charge is 0.383 e. The fourth-order valence-corrected chi connectivity index (χ4v) is 2.51. The lowest BCUT2D eigenvalue weighted by atomic mass is 10.1. The maximum Gasteiger partial charge on any atom is 0.416 e. The van der Waals surface area contributed by atoms with E-state index in [-0.39, 0.29) is 5.84 Å². The maximum atomic E-state index is 12.6. The van der Waals surface area contributed by atoms with Crippen LogP contribution in [0.1, 0.15) is 16.7 Å². The summed E-state index contributed by atoms with van der Waals surface area (Å²) in [5.74, 6) is 0.178. The SMILES string of the molecule is Cc1ccc2c(N=C(N)c3ccc(C(F)(F)F)cc3)cccc2c1. The molecule has 2 nitrogen and oxygen atoms in total. The van der Waals surface area contributed by atoms with E-state index in [4.69, 9.17) is 5.73 Å². The minimum Gasteiger partial charge on any atom is -0.383 e. The van der Waals surface area contributed by atoms with Crippen molar-refractivity contribution in [3.8, 4) is 0 Å². The van der Waals surface area contributed by atoms with Gasteiger partial charge in [-0.25, -0.2) is 4.99 Å². The first-order valence-corrected chi connectivity index (χ1v) is 7.36. The minimum atomic E-state index is -4.36. The van der Waals surface area contributed by atoms with Crippen molar-refractivity contribution in [1.29, 1.82) is 0 Å². The number of hydrogen-bond donors (Lipinski definition) is 1. The molecule has 0 spiro atoms. The first-order valence-electron chi connectivity index (χ1n) is 7.36. The predicted octanol–water partition coefficient (Wildman–Crippen LogP) is 5.20. The zero-order valence-electron chi connectivity index (χ0n) is 12.9. The summed E-state index contributed by atoms with van der Waals surface area (Å²) in [6, 6.07) is 16.3. The van der Waals surface area contributed by atoms with E-state index >= 15 is 0 Å². The monoisotopic (exact) mass is 328 g/mol. The van der Waals surface area contributed by atoms with Crippen LogP contribution in [0.2, 0.25) is 0 Å². The largest absolute Gasteiger partial charge is 0.416 e. The van der Waals surface area contributed by atoms with Crippen LogP contribution in [0.5, 0.6) is 0 Å². The van der Waals surface area contributed by atoms with Gasteiger partial charge >= 0.3 is 6.18 Å². The lowest BCUT2D eigenvalue weighted by Gasteiger charge is -2.08. The van der Waals surface area contributed by atoms with E-state index in [1.807, 2.05) is 43.3 Å². The highest BCUT2D eigenvalue weighted by atomic mass is 19.4. The Hall–Kier alpha value is -2.82. The van der Waals surface area contributed by atoms with Crippen LogP contribution < -0.4 is 5.73 Å². The summed E-state index contributed by atoms with van der Waals surface area (Å²) in [6.07, 6.45) is -4.36. The third-order valence-electron chi connectivity index (χ3n) is 3.76. The molecular formula is C19H15F3N2. The van der Waals surface area contributed by atoms with Crippen LogP contribution in [0.15, 0.2) is 65.7 Å². The number of alkyl halides is 3. The number of nitrogens with two attached hydrogens (primary N) is 1. The van der Waals surface area contributed by atoms with Gasteiger partial charge in [-0.1, -0.05) is 48.0 Å². The van der Waals surface area contributed by atoms with Crippen LogP contribution in [-0.2, 0) is 6.18 Å². The van der Waals surface area contributed by atoms with Gasteiger partial charge in [-0.05, 0) is 30.5 Å². The van der Waals surface area contributed by atoms with Crippen molar-refractivity contribution in [1.82, 2.24) is 0 Å². The third kappa shape index (κ3) is 3.25. The molecule has 0 radical (unpaired) electrons. The second-order valence-corrected chi connectivity index (χ2v) is 5.57. The van der Waals surface area contributed by atoms with Gasteiger partial charge in [0.1, 0.15) is 5.84 Å². The van der Waals surface area contributed by atoms with Gasteiger partial charge in [-0.2, -0.15) is 13.2 Å². The molecule has 0 unspecified atom stereocenters. The fraction of sp³-hybridized carbons (Fsp3) is 0.105. The molecule has 0 amide bonds. The molecule has 3 rings (SSSR count). The summed E-state index contributed by atoms with van der Waals surface area (Å²) >= 11 is 0. The van der Waals surface area contributed by atoms with E-state index in [1.165, 1.54) is 12.1 Å². The van der Waals surface area contributed by atoms with Crippen LogP contribution in [0.3, 0.4) is 0 Å². The summed E-state index contributed by atoms with van der Waals surface area (Å²) in [5.41, 5.74) is 7.54. The molecule has 0 aliphatic heterocycles. The molecule has 0 atom stereocenters. The molecule has 5 heteroatoms. The van der Waals surface area contributed by atoms with Gasteiger partial charge in [0.15, 0.2) is 0 Å². The number of fused-ring (bicyclic) bond motifs is 1. The summed E-state index contributed by atoms with van der Waals surface area (Å²) in [5, 5.41) is 1.98. The molecule has 3 aromatic rings. The Morgan fingerprint density at radius 3 is 2.33 bits per heavy atom. The normalized spacial score (nSPS) is 12.6. The summed E-state index contributed by atoms with van der Waals surface area (Å²) in [6.45, 7) is 2.01. The first kappa shape index (κ1) is 16.1. The maximum absolute atomic E-state index is 12.6. The topological polar surface area (TPSA) is 38.4 Å². The number of amidine groups is 1. The van der Waals surface area contributed by atoms with Crippen molar-refractivity contribution in [2.24, 2.45) is 10.7 Å². The molecule has 0 aliphatic rings. The second kappa shape index (κ2) is 6.00. The first-order chi connectivity index (χ1) is 11.3. The van der Waals surface area contributed by atoms with Gasteiger partial charge in [0.05, 0.1) is 11.3 Å². The van der Waals surface area contributed by atoms with Gasteiger partial charge in [-0.3, -0.25) is 0 Å². The van der Waals surface area contributed by atoms with E-state index in [9.17, 15) is 13.2 Å². The van der Waals surface area contributed by atoms with Crippen molar-refractivity contribution in [3.05, 3.63) is 77.4 Å². The third-order valence-corrected chi connectivity index (χ3v) is 3.76. The van der Waals surface area contributed by atoms with E-state index in [0.29, 0.717) is 11.3 Å². The van der Waals surface area contributed by atoms with Crippen LogP contribution in [0, 0.1) is 6.92 Å². The zero-order chi connectivity index (χ0) is 17.3. The van der Waals surface area contributed by atoms with Gasteiger partial charge in [-0.15, -0.1) is 0 Å². The average Bonchev–Trinajstić information content (AvgIpc) is 2.54. The fourth-order valence-electron chi connectivity index (χ4n) is 2.51. The Bertz CT molecular complexity index is 910. The lowest BCUT2D eigenvalue weighted by molar-refractivity contribution is -0.137. The van der Waals surface area contributed by atoms with Crippen LogP contribution in [-0.4, -0.2) is 5.84 Å². The minimum absolute atomic E-state index is 0.178. The van der Waals surface area contributed by atoms with E-state index < -0.39 is 11.7 Å². The second-order valence-electron chi connectivity index (χ2n) is 5.57. The average molecular weight is 328 g/mol. The molecule has 0 aliphatic carbocycles. The molecule has 122 valence electrons. The van der Waals surface area contributed by atoms with Gasteiger partial charge in [0, 0.05) is 10.9 Å². The Labute approximate surface area is 137 Å².